The van der Waals surface area contributed by atoms with Crippen LogP contribution in [0.5, 0.6) is 5.75 Å². The zero-order valence-corrected chi connectivity index (χ0v) is 9.18. The van der Waals surface area contributed by atoms with Crippen LogP contribution in [0.2, 0.25) is 0 Å². The van der Waals surface area contributed by atoms with Gasteiger partial charge < -0.3 is 4.74 Å². The van der Waals surface area contributed by atoms with Gasteiger partial charge in [-0.1, -0.05) is 6.07 Å². The minimum atomic E-state index is -0.555. The van der Waals surface area contributed by atoms with Gasteiger partial charge in [-0.05, 0) is 24.3 Å². The fraction of sp³-hybridized carbons (Fsp3) is 0.0769. The standard InChI is InChI=1S/C13H10FNO2/c1-17-10-5-6-12(15-7-10)11-4-2-3-9(8-16)13(11)14/h2-8H,1H3. The summed E-state index contributed by atoms with van der Waals surface area (Å²) in [4.78, 5) is 14.7. The fourth-order valence-electron chi connectivity index (χ4n) is 1.50. The van der Waals surface area contributed by atoms with E-state index in [9.17, 15) is 9.18 Å². The van der Waals surface area contributed by atoms with Crippen molar-refractivity contribution in [3.63, 3.8) is 0 Å². The summed E-state index contributed by atoms with van der Waals surface area (Å²) in [6.45, 7) is 0. The van der Waals surface area contributed by atoms with Crippen molar-refractivity contribution < 1.29 is 13.9 Å². The highest BCUT2D eigenvalue weighted by Gasteiger charge is 2.10. The van der Waals surface area contributed by atoms with Crippen molar-refractivity contribution >= 4 is 6.29 Å². The number of benzene rings is 1. The Kier molecular flexibility index (Phi) is 3.14. The highest BCUT2D eigenvalue weighted by Crippen LogP contribution is 2.23. The lowest BCUT2D eigenvalue weighted by Crippen LogP contribution is -1.93. The first-order valence-corrected chi connectivity index (χ1v) is 5.00. The van der Waals surface area contributed by atoms with Crippen LogP contribution in [0.25, 0.3) is 11.3 Å². The Morgan fingerprint density at radius 3 is 2.71 bits per heavy atom. The van der Waals surface area contributed by atoms with Crippen LogP contribution in [-0.2, 0) is 0 Å². The summed E-state index contributed by atoms with van der Waals surface area (Å²) in [6, 6.07) is 7.96. The molecule has 2 aromatic rings. The lowest BCUT2D eigenvalue weighted by Gasteiger charge is -2.05. The third-order valence-corrected chi connectivity index (χ3v) is 2.40. The largest absolute Gasteiger partial charge is 0.495 e. The van der Waals surface area contributed by atoms with Crippen LogP contribution in [0.3, 0.4) is 0 Å². The number of aldehydes is 1. The van der Waals surface area contributed by atoms with Gasteiger partial charge in [0, 0.05) is 5.56 Å². The molecule has 3 nitrogen and oxygen atoms in total. The number of methoxy groups -OCH3 is 1. The van der Waals surface area contributed by atoms with Crippen molar-refractivity contribution in [2.45, 2.75) is 0 Å². The van der Waals surface area contributed by atoms with Crippen molar-refractivity contribution in [3.8, 4) is 17.0 Å². The Morgan fingerprint density at radius 2 is 2.12 bits per heavy atom. The molecule has 86 valence electrons. The lowest BCUT2D eigenvalue weighted by molar-refractivity contribution is 0.112. The van der Waals surface area contributed by atoms with E-state index in [-0.39, 0.29) is 5.56 Å². The van der Waals surface area contributed by atoms with Crippen LogP contribution in [-0.4, -0.2) is 18.4 Å². The molecule has 4 heteroatoms. The van der Waals surface area contributed by atoms with Gasteiger partial charge in [-0.3, -0.25) is 9.78 Å². The number of nitrogens with zero attached hydrogens (tertiary/aromatic N) is 1. The van der Waals surface area contributed by atoms with E-state index < -0.39 is 5.82 Å². The number of rotatable bonds is 3. The van der Waals surface area contributed by atoms with Crippen LogP contribution in [0.4, 0.5) is 4.39 Å². The van der Waals surface area contributed by atoms with Gasteiger partial charge in [0.15, 0.2) is 6.29 Å². The number of ether oxygens (including phenoxy) is 1. The molecular formula is C13H10FNO2. The summed E-state index contributed by atoms with van der Waals surface area (Å²) < 4.78 is 18.8. The van der Waals surface area contributed by atoms with Crippen molar-refractivity contribution in [1.82, 2.24) is 4.98 Å². The number of carbonyl (C=O) groups is 1. The molecule has 0 atom stereocenters. The zero-order valence-electron chi connectivity index (χ0n) is 9.18. The fourth-order valence-corrected chi connectivity index (χ4v) is 1.50. The van der Waals surface area contributed by atoms with Crippen molar-refractivity contribution in [2.24, 2.45) is 0 Å². The molecule has 0 saturated heterocycles. The van der Waals surface area contributed by atoms with Crippen LogP contribution in [0.1, 0.15) is 10.4 Å². The Hall–Kier alpha value is -2.23. The van der Waals surface area contributed by atoms with Gasteiger partial charge in [0.2, 0.25) is 0 Å². The van der Waals surface area contributed by atoms with E-state index in [0.717, 1.165) is 0 Å². The van der Waals surface area contributed by atoms with Crippen LogP contribution in [0.15, 0.2) is 36.5 Å². The molecule has 0 radical (unpaired) electrons. The first-order valence-electron chi connectivity index (χ1n) is 5.00. The first-order chi connectivity index (χ1) is 8.26. The quantitative estimate of drug-likeness (QED) is 0.762. The monoisotopic (exact) mass is 231 g/mol. The van der Waals surface area contributed by atoms with Crippen LogP contribution >= 0.6 is 0 Å². The normalized spacial score (nSPS) is 10.0. The highest BCUT2D eigenvalue weighted by atomic mass is 19.1. The highest BCUT2D eigenvalue weighted by molar-refractivity contribution is 5.79. The molecular weight excluding hydrogens is 221 g/mol. The molecule has 0 aliphatic heterocycles. The smallest absolute Gasteiger partial charge is 0.153 e. The minimum Gasteiger partial charge on any atom is -0.495 e. The molecule has 1 heterocycles. The average Bonchev–Trinajstić information content (AvgIpc) is 2.39. The van der Waals surface area contributed by atoms with Crippen LogP contribution in [0, 0.1) is 5.82 Å². The van der Waals surface area contributed by atoms with Gasteiger partial charge in [0.25, 0.3) is 0 Å². The predicted octanol–water partition coefficient (Wildman–Crippen LogP) is 2.71. The topological polar surface area (TPSA) is 39.2 Å². The third-order valence-electron chi connectivity index (χ3n) is 2.40. The summed E-state index contributed by atoms with van der Waals surface area (Å²) in [5.41, 5.74) is 0.796. The molecule has 0 saturated carbocycles. The maximum atomic E-state index is 13.8. The SMILES string of the molecule is COc1ccc(-c2cccc(C=O)c2F)nc1. The van der Waals surface area contributed by atoms with Crippen molar-refractivity contribution in [1.29, 1.82) is 0 Å². The number of pyridine rings is 1. The van der Waals surface area contributed by atoms with Gasteiger partial charge in [-0.2, -0.15) is 0 Å². The maximum absolute atomic E-state index is 13.8. The van der Waals surface area contributed by atoms with Crippen LogP contribution < -0.4 is 4.74 Å². The molecule has 0 amide bonds. The minimum absolute atomic E-state index is 0.0279. The lowest BCUT2D eigenvalue weighted by atomic mass is 10.1. The summed E-state index contributed by atoms with van der Waals surface area (Å²) in [7, 11) is 1.53. The van der Waals surface area contributed by atoms with Gasteiger partial charge in [-0.15, -0.1) is 0 Å². The third kappa shape index (κ3) is 2.15. The van der Waals surface area contributed by atoms with E-state index >= 15 is 0 Å². The predicted molar refractivity (Wildman–Crippen MR) is 61.6 cm³/mol. The Bertz CT molecular complexity index is 538. The number of hydrogen-bond acceptors (Lipinski definition) is 3. The molecule has 0 N–H and O–H groups in total. The average molecular weight is 231 g/mol. The first kappa shape index (κ1) is 11.3. The maximum Gasteiger partial charge on any atom is 0.153 e. The van der Waals surface area contributed by atoms with Gasteiger partial charge in [0.1, 0.15) is 11.6 Å². The van der Waals surface area contributed by atoms with E-state index in [1.165, 1.54) is 19.4 Å². The molecule has 17 heavy (non-hydrogen) atoms. The second-order valence-corrected chi connectivity index (χ2v) is 3.41. The molecule has 0 fully saturated rings. The second kappa shape index (κ2) is 4.74. The van der Waals surface area contributed by atoms with Crippen molar-refractivity contribution in [3.05, 3.63) is 47.9 Å². The van der Waals surface area contributed by atoms with Gasteiger partial charge >= 0.3 is 0 Å². The van der Waals surface area contributed by atoms with E-state index in [1.807, 2.05) is 0 Å². The molecule has 1 aromatic carbocycles. The second-order valence-electron chi connectivity index (χ2n) is 3.41. The van der Waals surface area contributed by atoms with Crippen molar-refractivity contribution in [2.75, 3.05) is 7.11 Å². The molecule has 0 aliphatic rings. The van der Waals surface area contributed by atoms with Gasteiger partial charge in [-0.25, -0.2) is 4.39 Å². The molecule has 0 spiro atoms. The van der Waals surface area contributed by atoms with Gasteiger partial charge in [0.05, 0.1) is 24.6 Å². The number of aromatic nitrogens is 1. The van der Waals surface area contributed by atoms with E-state index in [0.29, 0.717) is 23.3 Å². The molecule has 0 unspecified atom stereocenters. The Labute approximate surface area is 97.9 Å². The molecule has 1 aromatic heterocycles. The number of hydrogen-bond donors (Lipinski definition) is 0. The van der Waals surface area contributed by atoms with E-state index in [1.54, 1.807) is 24.3 Å². The molecule has 0 bridgehead atoms. The molecule has 0 aliphatic carbocycles. The van der Waals surface area contributed by atoms with E-state index in [4.69, 9.17) is 4.74 Å². The zero-order chi connectivity index (χ0) is 12.3. The number of carbonyl (C=O) groups excluding carboxylic acids is 1. The number of halogens is 1. The summed E-state index contributed by atoms with van der Waals surface area (Å²) in [5.74, 6) is 0.0425. The van der Waals surface area contributed by atoms with E-state index in [2.05, 4.69) is 4.98 Å². The summed E-state index contributed by atoms with van der Waals surface area (Å²) in [6.07, 6.45) is 1.99. The Morgan fingerprint density at radius 1 is 1.29 bits per heavy atom. The summed E-state index contributed by atoms with van der Waals surface area (Å²) >= 11 is 0. The Balaban J connectivity index is 2.48. The molecule has 2 rings (SSSR count). The summed E-state index contributed by atoms with van der Waals surface area (Å²) in [5, 5.41) is 0.